The Morgan fingerprint density at radius 1 is 1.26 bits per heavy atom. The fourth-order valence-corrected chi connectivity index (χ4v) is 5.48. The molecule has 0 unspecified atom stereocenters. The zero-order valence-electron chi connectivity index (χ0n) is 14.9. The SMILES string of the molecule is Cc1oc(C(=O)N[C@@H]2C[C@@H]2c2cccc(Cl)c2)cc1S(=O)(=O)N1CCCC1. The monoisotopic (exact) mass is 408 g/mol. The first-order valence-corrected chi connectivity index (χ1v) is 10.8. The lowest BCUT2D eigenvalue weighted by Crippen LogP contribution is -2.28. The van der Waals surface area contributed by atoms with Gasteiger partial charge in [0.15, 0.2) is 5.76 Å². The molecule has 0 spiro atoms. The molecule has 2 aliphatic rings. The van der Waals surface area contributed by atoms with Crippen LogP contribution in [0.25, 0.3) is 0 Å². The Bertz CT molecular complexity index is 979. The van der Waals surface area contributed by atoms with Crippen LogP contribution in [0.4, 0.5) is 0 Å². The van der Waals surface area contributed by atoms with Crippen molar-refractivity contribution in [1.29, 1.82) is 0 Å². The molecule has 1 aromatic carbocycles. The van der Waals surface area contributed by atoms with Gasteiger partial charge in [0.2, 0.25) is 10.0 Å². The van der Waals surface area contributed by atoms with Gasteiger partial charge in [0, 0.05) is 36.1 Å². The maximum atomic E-state index is 12.7. The molecule has 1 N–H and O–H groups in total. The number of rotatable bonds is 5. The molecule has 2 heterocycles. The predicted molar refractivity (Wildman–Crippen MR) is 102 cm³/mol. The first-order valence-electron chi connectivity index (χ1n) is 9.03. The van der Waals surface area contributed by atoms with E-state index in [9.17, 15) is 13.2 Å². The quantitative estimate of drug-likeness (QED) is 0.823. The first-order chi connectivity index (χ1) is 12.9. The number of nitrogens with one attached hydrogen (secondary N) is 1. The van der Waals surface area contributed by atoms with E-state index in [2.05, 4.69) is 5.32 Å². The minimum atomic E-state index is -3.61. The Kier molecular flexibility index (Phi) is 4.78. The van der Waals surface area contributed by atoms with Crippen LogP contribution in [0.2, 0.25) is 5.02 Å². The lowest BCUT2D eigenvalue weighted by molar-refractivity contribution is 0.0921. The molecule has 6 nitrogen and oxygen atoms in total. The van der Waals surface area contributed by atoms with Gasteiger partial charge in [-0.25, -0.2) is 8.42 Å². The summed E-state index contributed by atoms with van der Waals surface area (Å²) in [5, 5.41) is 3.58. The van der Waals surface area contributed by atoms with Crippen LogP contribution in [0.15, 0.2) is 39.6 Å². The second-order valence-corrected chi connectivity index (χ2v) is 9.46. The van der Waals surface area contributed by atoms with Crippen molar-refractivity contribution in [2.75, 3.05) is 13.1 Å². The summed E-state index contributed by atoms with van der Waals surface area (Å²) in [4.78, 5) is 12.6. The molecule has 27 heavy (non-hydrogen) atoms. The molecule has 2 aromatic rings. The molecule has 1 aliphatic carbocycles. The Morgan fingerprint density at radius 3 is 2.70 bits per heavy atom. The summed E-state index contributed by atoms with van der Waals surface area (Å²) in [6.07, 6.45) is 2.54. The summed E-state index contributed by atoms with van der Waals surface area (Å²) >= 11 is 6.02. The molecule has 0 bridgehead atoms. The number of nitrogens with zero attached hydrogens (tertiary/aromatic N) is 1. The number of benzene rings is 1. The van der Waals surface area contributed by atoms with Crippen LogP contribution in [0.3, 0.4) is 0 Å². The molecule has 1 amide bonds. The van der Waals surface area contributed by atoms with E-state index in [1.807, 2.05) is 24.3 Å². The van der Waals surface area contributed by atoms with Gasteiger partial charge in [-0.1, -0.05) is 23.7 Å². The maximum Gasteiger partial charge on any atom is 0.287 e. The van der Waals surface area contributed by atoms with Crippen molar-refractivity contribution < 1.29 is 17.6 Å². The smallest absolute Gasteiger partial charge is 0.287 e. The Labute approximate surface area is 163 Å². The van der Waals surface area contributed by atoms with Crippen molar-refractivity contribution in [3.8, 4) is 0 Å². The lowest BCUT2D eigenvalue weighted by atomic mass is 10.1. The molecule has 8 heteroatoms. The van der Waals surface area contributed by atoms with E-state index in [1.165, 1.54) is 10.4 Å². The highest BCUT2D eigenvalue weighted by molar-refractivity contribution is 7.89. The van der Waals surface area contributed by atoms with Crippen LogP contribution < -0.4 is 5.32 Å². The van der Waals surface area contributed by atoms with Crippen molar-refractivity contribution in [3.63, 3.8) is 0 Å². The highest BCUT2D eigenvalue weighted by Crippen LogP contribution is 2.41. The number of halogens is 1. The fraction of sp³-hybridized carbons (Fsp3) is 0.421. The summed E-state index contributed by atoms with van der Waals surface area (Å²) in [7, 11) is -3.61. The average molecular weight is 409 g/mol. The lowest BCUT2D eigenvalue weighted by Gasteiger charge is -2.14. The van der Waals surface area contributed by atoms with Crippen LogP contribution in [-0.2, 0) is 10.0 Å². The summed E-state index contributed by atoms with van der Waals surface area (Å²) < 4.78 is 32.4. The molecule has 0 radical (unpaired) electrons. The van der Waals surface area contributed by atoms with E-state index in [0.29, 0.717) is 18.1 Å². The standard InChI is InChI=1S/C19H21ClN2O4S/c1-12-18(27(24,25)22-7-2-3-8-22)11-17(26-12)19(23)21-16-10-15(16)13-5-4-6-14(20)9-13/h4-6,9,11,15-16H,2-3,7-8,10H2,1H3,(H,21,23)/t15-,16-/m1/s1. The van der Waals surface area contributed by atoms with E-state index >= 15 is 0 Å². The minimum absolute atomic E-state index is 0.0000111. The van der Waals surface area contributed by atoms with Crippen LogP contribution >= 0.6 is 11.6 Å². The van der Waals surface area contributed by atoms with Gasteiger partial charge in [-0.15, -0.1) is 0 Å². The number of hydrogen-bond donors (Lipinski definition) is 1. The largest absolute Gasteiger partial charge is 0.455 e. The number of amides is 1. The van der Waals surface area contributed by atoms with Crippen LogP contribution in [0.1, 0.15) is 47.1 Å². The third-order valence-electron chi connectivity index (χ3n) is 5.16. The van der Waals surface area contributed by atoms with Gasteiger partial charge in [-0.3, -0.25) is 4.79 Å². The molecule has 1 saturated heterocycles. The topological polar surface area (TPSA) is 79.6 Å². The van der Waals surface area contributed by atoms with Crippen molar-refractivity contribution >= 4 is 27.5 Å². The number of hydrogen-bond acceptors (Lipinski definition) is 4. The van der Waals surface area contributed by atoms with Crippen LogP contribution in [0, 0.1) is 6.92 Å². The van der Waals surface area contributed by atoms with Crippen molar-refractivity contribution in [3.05, 3.63) is 52.4 Å². The van der Waals surface area contributed by atoms with E-state index < -0.39 is 15.9 Å². The minimum Gasteiger partial charge on any atom is -0.455 e. The van der Waals surface area contributed by atoms with E-state index in [4.69, 9.17) is 16.0 Å². The third-order valence-corrected chi connectivity index (χ3v) is 7.40. The van der Waals surface area contributed by atoms with Crippen LogP contribution in [0.5, 0.6) is 0 Å². The van der Waals surface area contributed by atoms with Gasteiger partial charge in [0.25, 0.3) is 5.91 Å². The highest BCUT2D eigenvalue weighted by atomic mass is 35.5. The maximum absolute atomic E-state index is 12.7. The zero-order chi connectivity index (χ0) is 19.2. The van der Waals surface area contributed by atoms with Crippen molar-refractivity contribution in [2.24, 2.45) is 0 Å². The van der Waals surface area contributed by atoms with Crippen molar-refractivity contribution in [1.82, 2.24) is 9.62 Å². The van der Waals surface area contributed by atoms with E-state index in [1.54, 1.807) is 6.92 Å². The molecule has 1 aromatic heterocycles. The molecular weight excluding hydrogens is 388 g/mol. The van der Waals surface area contributed by atoms with Crippen molar-refractivity contribution in [2.45, 2.75) is 43.0 Å². The van der Waals surface area contributed by atoms with Gasteiger partial charge in [-0.05, 0) is 43.9 Å². The van der Waals surface area contributed by atoms with Gasteiger partial charge in [0.05, 0.1) is 0 Å². The van der Waals surface area contributed by atoms with Crippen LogP contribution in [-0.4, -0.2) is 37.8 Å². The summed E-state index contributed by atoms with van der Waals surface area (Å²) in [5.74, 6) is 0.100. The Hall–Kier alpha value is -1.83. The van der Waals surface area contributed by atoms with Gasteiger partial charge in [-0.2, -0.15) is 4.31 Å². The van der Waals surface area contributed by atoms with Gasteiger partial charge >= 0.3 is 0 Å². The third kappa shape index (κ3) is 3.63. The number of carbonyl (C=O) groups is 1. The number of carbonyl (C=O) groups excluding carboxylic acids is 1. The Balaban J connectivity index is 1.46. The number of sulfonamides is 1. The molecule has 4 rings (SSSR count). The zero-order valence-corrected chi connectivity index (χ0v) is 16.5. The molecule has 1 aliphatic heterocycles. The first kappa shape index (κ1) is 18.5. The fourth-order valence-electron chi connectivity index (χ4n) is 3.60. The molecule has 1 saturated carbocycles. The van der Waals surface area contributed by atoms with Gasteiger partial charge in [0.1, 0.15) is 10.7 Å². The highest BCUT2D eigenvalue weighted by Gasteiger charge is 2.40. The normalized spacial score (nSPS) is 22.7. The Morgan fingerprint density at radius 2 is 2.00 bits per heavy atom. The molecule has 2 fully saturated rings. The average Bonchev–Trinajstić information content (AvgIpc) is 3.02. The number of furan rings is 1. The summed E-state index contributed by atoms with van der Waals surface area (Å²) in [5.41, 5.74) is 1.08. The van der Waals surface area contributed by atoms with Gasteiger partial charge < -0.3 is 9.73 Å². The molecule has 144 valence electrons. The molecule has 2 atom stereocenters. The summed E-state index contributed by atoms with van der Waals surface area (Å²) in [6, 6.07) is 8.93. The predicted octanol–water partition coefficient (Wildman–Crippen LogP) is 3.31. The molecular formula is C19H21ClN2O4S. The second-order valence-electron chi connectivity index (χ2n) is 7.12. The number of aryl methyl sites for hydroxylation is 1. The second kappa shape index (κ2) is 6.96. The summed E-state index contributed by atoms with van der Waals surface area (Å²) in [6.45, 7) is 2.60. The van der Waals surface area contributed by atoms with E-state index in [0.717, 1.165) is 24.8 Å². The van der Waals surface area contributed by atoms with E-state index in [-0.39, 0.29) is 28.4 Å².